The lowest BCUT2D eigenvalue weighted by molar-refractivity contribution is -0.120. The van der Waals surface area contributed by atoms with Crippen molar-refractivity contribution < 1.29 is 13.2 Å². The maximum absolute atomic E-state index is 12.9. The first-order chi connectivity index (χ1) is 16.2. The summed E-state index contributed by atoms with van der Waals surface area (Å²) >= 11 is 12.6. The van der Waals surface area contributed by atoms with Crippen molar-refractivity contribution in [3.63, 3.8) is 0 Å². The normalized spacial score (nSPS) is 22.8. The Morgan fingerprint density at radius 2 is 1.91 bits per heavy atom. The lowest BCUT2D eigenvalue weighted by Crippen LogP contribution is -2.51. The van der Waals surface area contributed by atoms with Gasteiger partial charge in [-0.1, -0.05) is 35.3 Å². The van der Waals surface area contributed by atoms with Gasteiger partial charge in [-0.3, -0.25) is 9.69 Å². The van der Waals surface area contributed by atoms with Crippen molar-refractivity contribution in [1.82, 2.24) is 14.6 Å². The van der Waals surface area contributed by atoms with Crippen molar-refractivity contribution in [2.75, 3.05) is 37.3 Å². The number of pyridine rings is 1. The van der Waals surface area contributed by atoms with Gasteiger partial charge < -0.3 is 4.90 Å². The van der Waals surface area contributed by atoms with E-state index in [0.29, 0.717) is 28.8 Å². The predicted molar refractivity (Wildman–Crippen MR) is 136 cm³/mol. The molecule has 10 heteroatoms. The summed E-state index contributed by atoms with van der Waals surface area (Å²) in [6.07, 6.45) is 6.46. The Kier molecular flexibility index (Phi) is 7.84. The third-order valence-electron chi connectivity index (χ3n) is 6.91. The Morgan fingerprint density at radius 3 is 2.56 bits per heavy atom. The second kappa shape index (κ2) is 10.5. The molecule has 7 nitrogen and oxygen atoms in total. The minimum atomic E-state index is -3.20. The van der Waals surface area contributed by atoms with Crippen LogP contribution in [0.4, 0.5) is 5.82 Å². The van der Waals surface area contributed by atoms with E-state index in [0.717, 1.165) is 50.9 Å². The molecule has 2 aromatic rings. The topological polar surface area (TPSA) is 82.6 Å². The van der Waals surface area contributed by atoms with Crippen LogP contribution in [-0.4, -0.2) is 62.7 Å². The van der Waals surface area contributed by atoms with Crippen LogP contribution in [0.3, 0.4) is 0 Å². The molecule has 3 heterocycles. The van der Waals surface area contributed by atoms with Crippen LogP contribution >= 0.6 is 23.2 Å². The van der Waals surface area contributed by atoms with E-state index in [4.69, 9.17) is 23.2 Å². The number of piperidine rings is 2. The average Bonchev–Trinajstić information content (AvgIpc) is 2.81. The van der Waals surface area contributed by atoms with Gasteiger partial charge >= 0.3 is 0 Å². The quantitative estimate of drug-likeness (QED) is 0.594. The molecule has 34 heavy (non-hydrogen) atoms. The number of likely N-dealkylation sites (tertiary alicyclic amines) is 1. The number of anilines is 1. The van der Waals surface area contributed by atoms with Crippen LogP contribution in [0.15, 0.2) is 42.6 Å². The summed E-state index contributed by atoms with van der Waals surface area (Å²) in [6.45, 7) is 3.02. The summed E-state index contributed by atoms with van der Waals surface area (Å²) in [4.78, 5) is 21.4. The van der Waals surface area contributed by atoms with E-state index in [-0.39, 0.29) is 17.4 Å². The summed E-state index contributed by atoms with van der Waals surface area (Å²) in [6, 6.07) is 11.4. The molecule has 0 bridgehead atoms. The highest BCUT2D eigenvalue weighted by Crippen LogP contribution is 2.41. The highest BCUT2D eigenvalue weighted by molar-refractivity contribution is 7.88. The van der Waals surface area contributed by atoms with Gasteiger partial charge in [0.05, 0.1) is 16.3 Å². The van der Waals surface area contributed by atoms with Crippen molar-refractivity contribution in [1.29, 1.82) is 0 Å². The maximum Gasteiger partial charge on any atom is 0.228 e. The largest absolute Gasteiger partial charge is 0.303 e. The standard InChI is InChI=1S/C24H30Cl2N4O3S/c1-34(32,33)28-19-8-13-29(14-9-19)15-11-24(18-5-6-20(25)21(26)16-18)10-7-23(31)30(17-24)22-4-2-3-12-27-22/h2-6,12,16,19,28H,7-11,13-15,17H2,1H3. The van der Waals surface area contributed by atoms with E-state index >= 15 is 0 Å². The zero-order valence-corrected chi connectivity index (χ0v) is 21.5. The van der Waals surface area contributed by atoms with E-state index in [1.807, 2.05) is 36.4 Å². The molecule has 1 unspecified atom stereocenters. The lowest BCUT2D eigenvalue weighted by Gasteiger charge is -2.44. The van der Waals surface area contributed by atoms with Crippen molar-refractivity contribution in [2.24, 2.45) is 0 Å². The molecule has 1 amide bonds. The zero-order valence-electron chi connectivity index (χ0n) is 19.2. The summed E-state index contributed by atoms with van der Waals surface area (Å²) in [5.41, 5.74) is 0.783. The fourth-order valence-corrected chi connectivity index (χ4v) is 6.17. The molecule has 2 aliphatic heterocycles. The Balaban J connectivity index is 1.53. The van der Waals surface area contributed by atoms with E-state index in [1.54, 1.807) is 11.1 Å². The first-order valence-electron chi connectivity index (χ1n) is 11.5. The van der Waals surface area contributed by atoms with Crippen LogP contribution in [0.1, 0.15) is 37.7 Å². The number of carbonyl (C=O) groups is 1. The van der Waals surface area contributed by atoms with Gasteiger partial charge in [-0.2, -0.15) is 0 Å². The molecule has 0 radical (unpaired) electrons. The average molecular weight is 526 g/mol. The number of sulfonamides is 1. The van der Waals surface area contributed by atoms with Crippen molar-refractivity contribution in [3.05, 3.63) is 58.2 Å². The monoisotopic (exact) mass is 524 g/mol. The second-order valence-electron chi connectivity index (χ2n) is 9.33. The Labute approximate surface area is 211 Å². The van der Waals surface area contributed by atoms with Crippen LogP contribution in [0.2, 0.25) is 10.0 Å². The molecule has 2 fully saturated rings. The summed E-state index contributed by atoms with van der Waals surface area (Å²) in [7, 11) is -3.20. The molecule has 1 aromatic carbocycles. The summed E-state index contributed by atoms with van der Waals surface area (Å²) < 4.78 is 25.8. The molecule has 2 saturated heterocycles. The number of nitrogens with one attached hydrogen (secondary N) is 1. The van der Waals surface area contributed by atoms with Gasteiger partial charge in [-0.15, -0.1) is 0 Å². The minimum Gasteiger partial charge on any atom is -0.303 e. The fraction of sp³-hybridized carbons (Fsp3) is 0.500. The number of hydrogen-bond acceptors (Lipinski definition) is 5. The number of carbonyl (C=O) groups excluding carboxylic acids is 1. The zero-order chi connectivity index (χ0) is 24.3. The van der Waals surface area contributed by atoms with Crippen molar-refractivity contribution >= 4 is 45.0 Å². The van der Waals surface area contributed by atoms with E-state index in [9.17, 15) is 13.2 Å². The van der Waals surface area contributed by atoms with Crippen molar-refractivity contribution in [2.45, 2.75) is 43.6 Å². The Morgan fingerprint density at radius 1 is 1.15 bits per heavy atom. The number of aromatic nitrogens is 1. The van der Waals surface area contributed by atoms with E-state index < -0.39 is 10.0 Å². The van der Waals surface area contributed by atoms with Crippen LogP contribution in [-0.2, 0) is 20.2 Å². The Hall–Kier alpha value is -1.71. The molecule has 184 valence electrons. The first kappa shape index (κ1) is 25.4. The van der Waals surface area contributed by atoms with Gasteiger partial charge in [0.25, 0.3) is 0 Å². The molecular weight excluding hydrogens is 495 g/mol. The number of rotatable bonds is 7. The van der Waals surface area contributed by atoms with Crippen LogP contribution in [0.5, 0.6) is 0 Å². The smallest absolute Gasteiger partial charge is 0.228 e. The molecule has 1 aromatic heterocycles. The molecule has 0 saturated carbocycles. The molecular formula is C24H30Cl2N4O3S. The van der Waals surface area contributed by atoms with Crippen molar-refractivity contribution in [3.8, 4) is 0 Å². The molecule has 1 N–H and O–H groups in total. The van der Waals surface area contributed by atoms with Gasteiger partial charge in [0.1, 0.15) is 5.82 Å². The van der Waals surface area contributed by atoms with Gasteiger partial charge in [-0.25, -0.2) is 18.1 Å². The van der Waals surface area contributed by atoms with Gasteiger partial charge in [0.2, 0.25) is 15.9 Å². The van der Waals surface area contributed by atoms with Crippen LogP contribution in [0, 0.1) is 0 Å². The number of nitrogens with zero attached hydrogens (tertiary/aromatic N) is 3. The highest BCUT2D eigenvalue weighted by atomic mass is 35.5. The molecule has 4 rings (SSSR count). The molecule has 1 atom stereocenters. The molecule has 2 aliphatic rings. The van der Waals surface area contributed by atoms with E-state index in [1.165, 1.54) is 6.26 Å². The summed E-state index contributed by atoms with van der Waals surface area (Å²) in [5.74, 6) is 0.728. The van der Waals surface area contributed by atoms with Crippen LogP contribution < -0.4 is 9.62 Å². The third-order valence-corrected chi connectivity index (χ3v) is 8.41. The van der Waals surface area contributed by atoms with Gasteiger partial charge in [-0.05, 0) is 75.1 Å². The highest BCUT2D eigenvalue weighted by Gasteiger charge is 2.41. The maximum atomic E-state index is 12.9. The number of amides is 1. The second-order valence-corrected chi connectivity index (χ2v) is 11.9. The van der Waals surface area contributed by atoms with Gasteiger partial charge in [0, 0.05) is 30.6 Å². The third kappa shape index (κ3) is 6.10. The Bertz CT molecular complexity index is 1120. The first-order valence-corrected chi connectivity index (χ1v) is 14.2. The van der Waals surface area contributed by atoms with Gasteiger partial charge in [0.15, 0.2) is 0 Å². The fourth-order valence-electron chi connectivity index (χ4n) is 5.03. The minimum absolute atomic E-state index is 0.0118. The lowest BCUT2D eigenvalue weighted by atomic mass is 9.71. The number of benzene rings is 1. The molecule has 0 aliphatic carbocycles. The number of halogens is 2. The number of hydrogen-bond donors (Lipinski definition) is 1. The SMILES string of the molecule is CS(=O)(=O)NC1CCN(CCC2(c3ccc(Cl)c(Cl)c3)CCC(=O)N(c3ccccn3)C2)CC1. The van der Waals surface area contributed by atoms with E-state index in [2.05, 4.69) is 14.6 Å². The summed E-state index contributed by atoms with van der Waals surface area (Å²) in [5, 5.41) is 1.02. The predicted octanol–water partition coefficient (Wildman–Crippen LogP) is 3.86. The molecule has 0 spiro atoms. The van der Waals surface area contributed by atoms with Crippen LogP contribution in [0.25, 0.3) is 0 Å².